The number of carbonyl (C=O) groups excluding carboxylic acids is 2. The second-order valence-corrected chi connectivity index (χ2v) is 12.7. The molecule has 0 amide bonds. The van der Waals surface area contributed by atoms with Gasteiger partial charge in [-0.1, -0.05) is 64.5 Å². The van der Waals surface area contributed by atoms with Crippen molar-refractivity contribution in [1.82, 2.24) is 0 Å². The summed E-state index contributed by atoms with van der Waals surface area (Å²) in [5, 5.41) is 18.7. The molecule has 0 aromatic carbocycles. The van der Waals surface area contributed by atoms with Gasteiger partial charge in [0, 0.05) is 30.3 Å². The van der Waals surface area contributed by atoms with Gasteiger partial charge >= 0.3 is 5.97 Å². The number of carboxylic acids is 1. The summed E-state index contributed by atoms with van der Waals surface area (Å²) in [6.07, 6.45) is 17.1. The molecule has 2 rings (SSSR count). The first kappa shape index (κ1) is 29.7. The molecule has 0 bridgehead atoms. The average Bonchev–Trinajstić information content (AvgIpc) is 2.81. The van der Waals surface area contributed by atoms with Gasteiger partial charge in [0.15, 0.2) is 0 Å². The Bertz CT molecular complexity index is 735. The second kappa shape index (κ2) is 13.7. The van der Waals surface area contributed by atoms with Crippen molar-refractivity contribution in [2.45, 2.75) is 118 Å². The summed E-state index contributed by atoms with van der Waals surface area (Å²) >= 11 is 0. The lowest BCUT2D eigenvalue weighted by Crippen LogP contribution is -2.29. The maximum atomic E-state index is 13.1. The van der Waals surface area contributed by atoms with Gasteiger partial charge in [0.2, 0.25) is 0 Å². The lowest BCUT2D eigenvalue weighted by molar-refractivity contribution is -0.147. The second-order valence-electron chi connectivity index (χ2n) is 12.7. The maximum absolute atomic E-state index is 13.1. The molecule has 0 heterocycles. The fourth-order valence-electron chi connectivity index (χ4n) is 5.70. The summed E-state index contributed by atoms with van der Waals surface area (Å²) in [5.74, 6) is 0.00429. The van der Waals surface area contributed by atoms with Crippen molar-refractivity contribution in [3.63, 3.8) is 0 Å². The van der Waals surface area contributed by atoms with Crippen molar-refractivity contribution in [3.8, 4) is 0 Å². The van der Waals surface area contributed by atoms with E-state index in [1.165, 1.54) is 0 Å². The number of aliphatic hydroxyl groups is 1. The van der Waals surface area contributed by atoms with E-state index in [4.69, 9.17) is 0 Å². The van der Waals surface area contributed by atoms with E-state index in [1.54, 1.807) is 13.8 Å². The number of ketones is 2. The van der Waals surface area contributed by atoms with Crippen LogP contribution >= 0.6 is 0 Å². The highest BCUT2D eigenvalue weighted by Crippen LogP contribution is 2.34. The Morgan fingerprint density at radius 2 is 1.26 bits per heavy atom. The Hall–Kier alpha value is -1.49. The van der Waals surface area contributed by atoms with E-state index in [9.17, 15) is 24.6 Å². The van der Waals surface area contributed by atoms with Crippen LogP contribution in [0.5, 0.6) is 0 Å². The number of carboxylic acid groups (broad SMARTS) is 1. The Balaban J connectivity index is 1.80. The molecular formula is C30H50O5. The highest BCUT2D eigenvalue weighted by atomic mass is 16.4. The van der Waals surface area contributed by atoms with Crippen molar-refractivity contribution in [2.24, 2.45) is 34.5 Å². The van der Waals surface area contributed by atoms with Crippen LogP contribution in [0.2, 0.25) is 0 Å². The fraction of sp³-hybridized carbons (Fsp3) is 0.833. The van der Waals surface area contributed by atoms with Crippen molar-refractivity contribution in [3.05, 3.63) is 12.2 Å². The fourth-order valence-corrected chi connectivity index (χ4v) is 5.70. The van der Waals surface area contributed by atoms with Gasteiger partial charge in [-0.3, -0.25) is 14.4 Å². The zero-order valence-corrected chi connectivity index (χ0v) is 22.7. The molecular weight excluding hydrogens is 440 g/mol. The Kier molecular flexibility index (Phi) is 11.7. The van der Waals surface area contributed by atoms with E-state index >= 15 is 0 Å². The maximum Gasteiger partial charge on any atom is 0.309 e. The first-order valence-corrected chi connectivity index (χ1v) is 14.1. The Morgan fingerprint density at radius 1 is 0.800 bits per heavy atom. The van der Waals surface area contributed by atoms with Crippen LogP contribution in [0.3, 0.4) is 0 Å². The first-order valence-electron chi connectivity index (χ1n) is 14.1. The Morgan fingerprint density at radius 3 is 1.69 bits per heavy atom. The molecule has 2 N–H and O–H groups in total. The first-order chi connectivity index (χ1) is 16.5. The summed E-state index contributed by atoms with van der Waals surface area (Å²) in [6.45, 7) is 7.88. The molecule has 5 heteroatoms. The molecule has 2 aliphatic rings. The minimum absolute atomic E-state index is 0.0404. The number of aliphatic carboxylic acids is 1. The molecule has 0 spiro atoms. The molecule has 0 radical (unpaired) electrons. The van der Waals surface area contributed by atoms with Crippen LogP contribution < -0.4 is 0 Å². The van der Waals surface area contributed by atoms with Crippen LogP contribution in [0.1, 0.15) is 118 Å². The lowest BCUT2D eigenvalue weighted by Gasteiger charge is -2.28. The summed E-state index contributed by atoms with van der Waals surface area (Å²) in [6, 6.07) is 0. The van der Waals surface area contributed by atoms with E-state index in [1.807, 2.05) is 12.2 Å². The third kappa shape index (κ3) is 9.48. The molecule has 0 aromatic rings. The van der Waals surface area contributed by atoms with Gasteiger partial charge in [0.1, 0.15) is 11.6 Å². The van der Waals surface area contributed by atoms with Gasteiger partial charge in [-0.2, -0.15) is 0 Å². The number of aliphatic hydroxyl groups excluding tert-OH is 1. The monoisotopic (exact) mass is 490 g/mol. The number of hydrogen-bond acceptors (Lipinski definition) is 4. The van der Waals surface area contributed by atoms with Crippen molar-refractivity contribution >= 4 is 17.5 Å². The standard InChI is InChI=1S/C30H50O5/c1-29(2,21-31)19-7-5-11-22-13-9-15-24(26(22)32)17-18-25-16-10-14-23(27(25)33)12-6-8-20-30(3,4)28(34)35/h17-18,22-25,31H,5-16,19-21H2,1-4H3,(H,34,35). The number of unbranched alkanes of at least 4 members (excludes halogenated alkanes) is 2. The third-order valence-electron chi connectivity index (χ3n) is 8.51. The molecule has 35 heavy (non-hydrogen) atoms. The van der Waals surface area contributed by atoms with Gasteiger partial charge in [0.25, 0.3) is 0 Å². The smallest absolute Gasteiger partial charge is 0.309 e. The number of carbonyl (C=O) groups is 3. The summed E-state index contributed by atoms with van der Waals surface area (Å²) in [7, 11) is 0. The lowest BCUT2D eigenvalue weighted by atomic mass is 9.75. The van der Waals surface area contributed by atoms with Crippen molar-refractivity contribution in [2.75, 3.05) is 6.61 Å². The van der Waals surface area contributed by atoms with E-state index in [-0.39, 0.29) is 35.7 Å². The van der Waals surface area contributed by atoms with E-state index in [0.29, 0.717) is 18.0 Å². The van der Waals surface area contributed by atoms with Gasteiger partial charge in [0.05, 0.1) is 5.41 Å². The molecule has 0 saturated heterocycles. The SMILES string of the molecule is CC(C)(CO)CCCCC1CCCC(C=CC2CCCC(CCCCC(C)(C)C(=O)O)C2=O)C1=O. The van der Waals surface area contributed by atoms with Crippen LogP contribution in [0.15, 0.2) is 12.2 Å². The Labute approximate surface area is 213 Å². The van der Waals surface area contributed by atoms with Gasteiger partial charge in [-0.05, 0) is 70.6 Å². The molecule has 0 aliphatic heterocycles. The average molecular weight is 491 g/mol. The number of allylic oxidation sites excluding steroid dienone is 2. The normalized spacial score (nSPS) is 26.4. The minimum Gasteiger partial charge on any atom is -0.481 e. The van der Waals surface area contributed by atoms with Gasteiger partial charge < -0.3 is 10.2 Å². The van der Waals surface area contributed by atoms with Gasteiger partial charge in [-0.15, -0.1) is 0 Å². The van der Waals surface area contributed by atoms with Crippen LogP contribution in [0.25, 0.3) is 0 Å². The predicted octanol–water partition coefficient (Wildman–Crippen LogP) is 6.76. The van der Waals surface area contributed by atoms with Crippen LogP contribution in [-0.2, 0) is 14.4 Å². The van der Waals surface area contributed by atoms with E-state index < -0.39 is 11.4 Å². The zero-order valence-electron chi connectivity index (χ0n) is 22.7. The summed E-state index contributed by atoms with van der Waals surface area (Å²) in [5.41, 5.74) is -0.746. The largest absolute Gasteiger partial charge is 0.481 e. The topological polar surface area (TPSA) is 91.7 Å². The third-order valence-corrected chi connectivity index (χ3v) is 8.51. The van der Waals surface area contributed by atoms with Gasteiger partial charge in [-0.25, -0.2) is 0 Å². The highest BCUT2D eigenvalue weighted by molar-refractivity contribution is 5.87. The molecule has 2 aliphatic carbocycles. The van der Waals surface area contributed by atoms with E-state index in [2.05, 4.69) is 13.8 Å². The minimum atomic E-state index is -0.762. The molecule has 4 atom stereocenters. The molecule has 200 valence electrons. The van der Waals surface area contributed by atoms with Crippen LogP contribution in [-0.4, -0.2) is 34.4 Å². The zero-order chi connectivity index (χ0) is 26.1. The molecule has 5 nitrogen and oxygen atoms in total. The van der Waals surface area contributed by atoms with Crippen molar-refractivity contribution in [1.29, 1.82) is 0 Å². The predicted molar refractivity (Wildman–Crippen MR) is 140 cm³/mol. The summed E-state index contributed by atoms with van der Waals surface area (Å²) in [4.78, 5) is 37.4. The molecule has 2 fully saturated rings. The summed E-state index contributed by atoms with van der Waals surface area (Å²) < 4.78 is 0. The highest BCUT2D eigenvalue weighted by Gasteiger charge is 2.32. The van der Waals surface area contributed by atoms with Crippen LogP contribution in [0.4, 0.5) is 0 Å². The number of rotatable bonds is 14. The molecule has 2 saturated carbocycles. The quantitative estimate of drug-likeness (QED) is 0.207. The van der Waals surface area contributed by atoms with E-state index in [0.717, 1.165) is 83.5 Å². The molecule has 4 unspecified atom stereocenters. The number of Topliss-reactive ketones (excluding diaryl/α,β-unsaturated/α-hetero) is 2. The van der Waals surface area contributed by atoms with Crippen molar-refractivity contribution < 1.29 is 24.6 Å². The molecule has 0 aromatic heterocycles. The van der Waals surface area contributed by atoms with Crippen LogP contribution in [0, 0.1) is 34.5 Å². The number of hydrogen-bond donors (Lipinski definition) is 2.